The normalized spacial score (nSPS) is 11.4. The highest BCUT2D eigenvalue weighted by molar-refractivity contribution is 6.02. The molecule has 3 aromatic rings. The van der Waals surface area contributed by atoms with E-state index in [2.05, 4.69) is 21.8 Å². The van der Waals surface area contributed by atoms with Crippen LogP contribution in [-0.2, 0) is 17.7 Å². The summed E-state index contributed by atoms with van der Waals surface area (Å²) >= 11 is 0. The van der Waals surface area contributed by atoms with Gasteiger partial charge in [-0.15, -0.1) is 0 Å². The zero-order chi connectivity index (χ0) is 19.4. The predicted molar refractivity (Wildman–Crippen MR) is 105 cm³/mol. The Morgan fingerprint density at radius 3 is 2.81 bits per heavy atom. The lowest BCUT2D eigenvalue weighted by atomic mass is 10.2. The van der Waals surface area contributed by atoms with Crippen LogP contribution in [0.25, 0.3) is 21.9 Å². The number of carbonyl (C=O) groups is 1. The number of methoxy groups -OCH3 is 1. The van der Waals surface area contributed by atoms with Crippen LogP contribution < -0.4 is 10.1 Å². The molecular formula is C20H26N4O3. The average molecular weight is 370 g/mol. The first-order valence-electron chi connectivity index (χ1n) is 9.28. The molecule has 0 radical (unpaired) electrons. The topological polar surface area (TPSA) is 78.3 Å². The molecule has 0 spiro atoms. The molecule has 144 valence electrons. The molecule has 7 heteroatoms. The third-order valence-corrected chi connectivity index (χ3v) is 4.22. The minimum atomic E-state index is -0.469. The zero-order valence-electron chi connectivity index (χ0n) is 16.3. The number of hydrogen-bond donors (Lipinski definition) is 1. The van der Waals surface area contributed by atoms with Crippen molar-refractivity contribution < 1.29 is 14.3 Å². The molecule has 7 nitrogen and oxygen atoms in total. The fraction of sp³-hybridized carbons (Fsp3) is 0.450. The Morgan fingerprint density at radius 1 is 1.30 bits per heavy atom. The lowest BCUT2D eigenvalue weighted by Gasteiger charge is -2.11. The minimum absolute atomic E-state index is 0.0182. The Kier molecular flexibility index (Phi) is 5.91. The summed E-state index contributed by atoms with van der Waals surface area (Å²) < 4.78 is 12.8. The molecule has 3 rings (SSSR count). The zero-order valence-corrected chi connectivity index (χ0v) is 16.3. The van der Waals surface area contributed by atoms with Gasteiger partial charge in [-0.1, -0.05) is 6.92 Å². The SMILES string of the molecule is CCCn1c(CCOC)nc2cnc3cc(OC(=O)NC(C)C)ccc3c21. The summed E-state index contributed by atoms with van der Waals surface area (Å²) in [7, 11) is 1.70. The third kappa shape index (κ3) is 4.19. The van der Waals surface area contributed by atoms with E-state index in [0.29, 0.717) is 12.4 Å². The van der Waals surface area contributed by atoms with Gasteiger partial charge in [-0.3, -0.25) is 4.98 Å². The Hall–Kier alpha value is -2.67. The summed E-state index contributed by atoms with van der Waals surface area (Å²) in [4.78, 5) is 21.1. The quantitative estimate of drug-likeness (QED) is 0.686. The maximum Gasteiger partial charge on any atom is 0.412 e. The summed E-state index contributed by atoms with van der Waals surface area (Å²) in [5.74, 6) is 1.47. The third-order valence-electron chi connectivity index (χ3n) is 4.22. The fourth-order valence-electron chi connectivity index (χ4n) is 3.13. The number of imidazole rings is 1. The predicted octanol–water partition coefficient (Wildman–Crippen LogP) is 3.68. The molecule has 1 N–H and O–H groups in total. The number of aromatic nitrogens is 3. The molecule has 1 amide bonds. The van der Waals surface area contributed by atoms with Gasteiger partial charge in [-0.25, -0.2) is 9.78 Å². The summed E-state index contributed by atoms with van der Waals surface area (Å²) in [6.45, 7) is 7.42. The van der Waals surface area contributed by atoms with Crippen molar-refractivity contribution in [1.82, 2.24) is 19.9 Å². The Bertz CT molecular complexity index is 949. The van der Waals surface area contributed by atoms with Gasteiger partial charge in [0.15, 0.2) is 0 Å². The number of nitrogens with zero attached hydrogens (tertiary/aromatic N) is 3. The molecule has 2 heterocycles. The summed E-state index contributed by atoms with van der Waals surface area (Å²) in [6, 6.07) is 5.54. The van der Waals surface area contributed by atoms with Crippen LogP contribution in [0.3, 0.4) is 0 Å². The van der Waals surface area contributed by atoms with E-state index in [9.17, 15) is 4.79 Å². The molecule has 2 aromatic heterocycles. The van der Waals surface area contributed by atoms with Crippen LogP contribution in [0.2, 0.25) is 0 Å². The van der Waals surface area contributed by atoms with Gasteiger partial charge in [-0.2, -0.15) is 0 Å². The van der Waals surface area contributed by atoms with Crippen molar-refractivity contribution in [3.05, 3.63) is 30.2 Å². The monoisotopic (exact) mass is 370 g/mol. The highest BCUT2D eigenvalue weighted by atomic mass is 16.6. The van der Waals surface area contributed by atoms with Crippen molar-refractivity contribution in [2.45, 2.75) is 46.2 Å². The largest absolute Gasteiger partial charge is 0.412 e. The van der Waals surface area contributed by atoms with Gasteiger partial charge in [0, 0.05) is 37.6 Å². The van der Waals surface area contributed by atoms with Gasteiger partial charge < -0.3 is 19.4 Å². The standard InChI is InChI=1S/C20H26N4O3/c1-5-9-24-18(8-10-26-4)23-17-12-21-16-11-14(6-7-15(16)19(17)24)27-20(25)22-13(2)3/h6-7,11-13H,5,8-10H2,1-4H3,(H,22,25). The van der Waals surface area contributed by atoms with E-state index in [0.717, 1.165) is 47.1 Å². The summed E-state index contributed by atoms with van der Waals surface area (Å²) in [5.41, 5.74) is 2.70. The van der Waals surface area contributed by atoms with Crippen molar-refractivity contribution in [2.24, 2.45) is 0 Å². The Morgan fingerprint density at radius 2 is 2.11 bits per heavy atom. The molecule has 27 heavy (non-hydrogen) atoms. The van der Waals surface area contributed by atoms with Crippen LogP contribution in [0.4, 0.5) is 4.79 Å². The molecule has 0 aliphatic heterocycles. The van der Waals surface area contributed by atoms with Crippen molar-refractivity contribution >= 4 is 28.0 Å². The van der Waals surface area contributed by atoms with E-state index in [1.54, 1.807) is 25.4 Å². The van der Waals surface area contributed by atoms with Gasteiger partial charge in [0.1, 0.15) is 17.1 Å². The van der Waals surface area contributed by atoms with Gasteiger partial charge in [-0.05, 0) is 32.4 Å². The molecular weight excluding hydrogens is 344 g/mol. The second kappa shape index (κ2) is 8.35. The van der Waals surface area contributed by atoms with Crippen LogP contribution in [0, 0.1) is 0 Å². The van der Waals surface area contributed by atoms with Gasteiger partial charge in [0.25, 0.3) is 0 Å². The number of fused-ring (bicyclic) bond motifs is 3. The first kappa shape index (κ1) is 19.1. The van der Waals surface area contributed by atoms with Crippen LogP contribution >= 0.6 is 0 Å². The maximum absolute atomic E-state index is 11.8. The van der Waals surface area contributed by atoms with Gasteiger partial charge in [0.2, 0.25) is 0 Å². The summed E-state index contributed by atoms with van der Waals surface area (Å²) in [5, 5.41) is 3.70. The average Bonchev–Trinajstić information content (AvgIpc) is 2.97. The van der Waals surface area contributed by atoms with Gasteiger partial charge in [0.05, 0.1) is 23.8 Å². The van der Waals surface area contributed by atoms with E-state index in [1.165, 1.54) is 0 Å². The highest BCUT2D eigenvalue weighted by Crippen LogP contribution is 2.28. The van der Waals surface area contributed by atoms with Gasteiger partial charge >= 0.3 is 6.09 Å². The number of rotatable bonds is 7. The number of carbonyl (C=O) groups excluding carboxylic acids is 1. The lowest BCUT2D eigenvalue weighted by molar-refractivity contribution is 0.198. The van der Waals surface area contributed by atoms with Crippen LogP contribution in [0.5, 0.6) is 5.75 Å². The Labute approximate surface area is 158 Å². The number of benzene rings is 1. The molecule has 0 aliphatic rings. The molecule has 1 aromatic carbocycles. The van der Waals surface area contributed by atoms with Crippen LogP contribution in [0.15, 0.2) is 24.4 Å². The molecule has 0 saturated heterocycles. The first-order chi connectivity index (χ1) is 13.0. The molecule has 0 atom stereocenters. The fourth-order valence-corrected chi connectivity index (χ4v) is 3.13. The van der Waals surface area contributed by atoms with E-state index in [-0.39, 0.29) is 6.04 Å². The van der Waals surface area contributed by atoms with E-state index in [4.69, 9.17) is 14.5 Å². The number of pyridine rings is 1. The minimum Gasteiger partial charge on any atom is -0.410 e. The van der Waals surface area contributed by atoms with E-state index >= 15 is 0 Å². The first-order valence-corrected chi connectivity index (χ1v) is 9.28. The molecule has 0 fully saturated rings. The van der Waals surface area contributed by atoms with Crippen molar-refractivity contribution in [2.75, 3.05) is 13.7 Å². The summed E-state index contributed by atoms with van der Waals surface area (Å²) in [6.07, 6.45) is 3.07. The molecule has 0 unspecified atom stereocenters. The maximum atomic E-state index is 11.8. The van der Waals surface area contributed by atoms with Crippen molar-refractivity contribution in [3.8, 4) is 5.75 Å². The molecule has 0 bridgehead atoms. The van der Waals surface area contributed by atoms with E-state index in [1.807, 2.05) is 19.9 Å². The second-order valence-corrected chi connectivity index (χ2v) is 6.78. The highest BCUT2D eigenvalue weighted by Gasteiger charge is 2.15. The number of hydrogen-bond acceptors (Lipinski definition) is 5. The number of nitrogens with one attached hydrogen (secondary N) is 1. The molecule has 0 saturated carbocycles. The number of ether oxygens (including phenoxy) is 2. The lowest BCUT2D eigenvalue weighted by Crippen LogP contribution is -2.32. The number of amides is 1. The van der Waals surface area contributed by atoms with Crippen molar-refractivity contribution in [3.63, 3.8) is 0 Å². The van der Waals surface area contributed by atoms with Crippen LogP contribution in [-0.4, -0.2) is 40.4 Å². The second-order valence-electron chi connectivity index (χ2n) is 6.78. The Balaban J connectivity index is 2.02. The molecule has 0 aliphatic carbocycles. The van der Waals surface area contributed by atoms with Crippen molar-refractivity contribution in [1.29, 1.82) is 0 Å². The number of aryl methyl sites for hydroxylation is 1. The van der Waals surface area contributed by atoms with E-state index < -0.39 is 6.09 Å². The smallest absolute Gasteiger partial charge is 0.410 e. The van der Waals surface area contributed by atoms with Crippen LogP contribution in [0.1, 0.15) is 33.0 Å².